The van der Waals surface area contributed by atoms with Crippen LogP contribution in [0.1, 0.15) is 18.6 Å². The number of aliphatic hydroxyl groups excluding tert-OH is 1. The molecule has 0 spiro atoms. The molecule has 7 heteroatoms. The predicted octanol–water partition coefficient (Wildman–Crippen LogP) is 0.636. The van der Waals surface area contributed by atoms with E-state index in [2.05, 4.69) is 0 Å². The molecule has 3 N–H and O–H groups in total. The van der Waals surface area contributed by atoms with Crippen LogP contribution in [-0.2, 0) is 9.53 Å². The molecule has 1 aromatic rings. The second-order valence-electron chi connectivity index (χ2n) is 4.15. The van der Waals surface area contributed by atoms with Gasteiger partial charge in [-0.2, -0.15) is 0 Å². The molecular weight excluding hydrogens is 278 g/mol. The number of nitrogens with two attached hydrogens (primary N) is 1. The van der Waals surface area contributed by atoms with E-state index in [-0.39, 0.29) is 12.4 Å². The lowest BCUT2D eigenvalue weighted by Gasteiger charge is -2.22. The summed E-state index contributed by atoms with van der Waals surface area (Å²) in [6.45, 7) is 1.84. The summed E-state index contributed by atoms with van der Waals surface area (Å²) in [5.41, 5.74) is 6.03. The van der Waals surface area contributed by atoms with E-state index in [1.165, 1.54) is 21.3 Å². The van der Waals surface area contributed by atoms with Gasteiger partial charge < -0.3 is 29.8 Å². The topological polar surface area (TPSA) is 100 Å². The van der Waals surface area contributed by atoms with Crippen LogP contribution >= 0.6 is 0 Å². The number of rotatable bonds is 7. The molecule has 0 radical (unpaired) electrons. The number of carbonyl (C=O) groups is 1. The van der Waals surface area contributed by atoms with E-state index in [0.29, 0.717) is 17.1 Å². The van der Waals surface area contributed by atoms with Gasteiger partial charge in [0.1, 0.15) is 12.1 Å². The average molecular weight is 299 g/mol. The summed E-state index contributed by atoms with van der Waals surface area (Å²) in [6.07, 6.45) is -1.29. The van der Waals surface area contributed by atoms with Gasteiger partial charge >= 0.3 is 5.97 Å². The van der Waals surface area contributed by atoms with Crippen LogP contribution in [0.4, 0.5) is 0 Å². The third-order valence-corrected chi connectivity index (χ3v) is 2.95. The van der Waals surface area contributed by atoms with E-state index in [4.69, 9.17) is 24.7 Å². The molecule has 0 bridgehead atoms. The third-order valence-electron chi connectivity index (χ3n) is 2.95. The van der Waals surface area contributed by atoms with Crippen molar-refractivity contribution in [3.63, 3.8) is 0 Å². The standard InChI is InChI=1S/C14H21NO6/c1-5-21-14(17)10(15)11(16)8-6-7-9(18-2)13(20-4)12(8)19-3/h6-7,10-11,16H,5,15H2,1-4H3. The molecule has 0 aliphatic carbocycles. The number of hydrogen-bond acceptors (Lipinski definition) is 7. The molecule has 7 nitrogen and oxygen atoms in total. The Labute approximate surface area is 123 Å². The van der Waals surface area contributed by atoms with Gasteiger partial charge in [-0.05, 0) is 19.1 Å². The van der Waals surface area contributed by atoms with E-state index in [0.717, 1.165) is 0 Å². The lowest BCUT2D eigenvalue weighted by atomic mass is 10.0. The molecule has 0 fully saturated rings. The molecule has 118 valence electrons. The lowest BCUT2D eigenvalue weighted by molar-refractivity contribution is -0.147. The van der Waals surface area contributed by atoms with Gasteiger partial charge in [-0.15, -0.1) is 0 Å². The van der Waals surface area contributed by atoms with Crippen molar-refractivity contribution in [1.82, 2.24) is 0 Å². The largest absolute Gasteiger partial charge is 0.493 e. The minimum atomic E-state index is -1.29. The highest BCUT2D eigenvalue weighted by molar-refractivity contribution is 5.77. The molecule has 0 aliphatic heterocycles. The van der Waals surface area contributed by atoms with Crippen LogP contribution in [-0.4, -0.2) is 45.1 Å². The Balaban J connectivity index is 3.20. The summed E-state index contributed by atoms with van der Waals surface area (Å²) in [7, 11) is 4.35. The maximum absolute atomic E-state index is 11.6. The first-order valence-corrected chi connectivity index (χ1v) is 6.40. The van der Waals surface area contributed by atoms with Gasteiger partial charge in [-0.1, -0.05) is 0 Å². The second kappa shape index (κ2) is 7.70. The summed E-state index contributed by atoms with van der Waals surface area (Å²) in [4.78, 5) is 11.6. The van der Waals surface area contributed by atoms with Gasteiger partial charge in [-0.25, -0.2) is 0 Å². The van der Waals surface area contributed by atoms with Crippen molar-refractivity contribution in [3.8, 4) is 17.2 Å². The van der Waals surface area contributed by atoms with Crippen molar-refractivity contribution < 1.29 is 28.8 Å². The van der Waals surface area contributed by atoms with Crippen molar-refractivity contribution in [2.45, 2.75) is 19.1 Å². The number of methoxy groups -OCH3 is 3. The average Bonchev–Trinajstić information content (AvgIpc) is 2.51. The highest BCUT2D eigenvalue weighted by Gasteiger charge is 2.30. The third kappa shape index (κ3) is 3.56. The molecule has 0 saturated carbocycles. The first kappa shape index (κ1) is 17.1. The maximum Gasteiger partial charge on any atom is 0.325 e. The van der Waals surface area contributed by atoms with E-state index in [9.17, 15) is 9.90 Å². The van der Waals surface area contributed by atoms with Gasteiger partial charge in [0.15, 0.2) is 11.5 Å². The van der Waals surface area contributed by atoms with Crippen LogP contribution in [0.15, 0.2) is 12.1 Å². The predicted molar refractivity (Wildman–Crippen MR) is 75.7 cm³/mol. The van der Waals surface area contributed by atoms with Crippen molar-refractivity contribution >= 4 is 5.97 Å². The molecule has 2 unspecified atom stereocenters. The van der Waals surface area contributed by atoms with Crippen molar-refractivity contribution in [2.75, 3.05) is 27.9 Å². The van der Waals surface area contributed by atoms with Crippen LogP contribution in [0.25, 0.3) is 0 Å². The maximum atomic E-state index is 11.6. The Morgan fingerprint density at radius 3 is 2.29 bits per heavy atom. The summed E-state index contributed by atoms with van der Waals surface area (Å²) in [6, 6.07) is 1.93. The molecule has 2 atom stereocenters. The molecular formula is C14H21NO6. The van der Waals surface area contributed by atoms with Crippen LogP contribution in [0.2, 0.25) is 0 Å². The van der Waals surface area contributed by atoms with E-state index < -0.39 is 18.1 Å². The van der Waals surface area contributed by atoms with Crippen LogP contribution in [0.5, 0.6) is 17.2 Å². The first-order valence-electron chi connectivity index (χ1n) is 6.40. The quantitative estimate of drug-likeness (QED) is 0.712. The molecule has 0 saturated heterocycles. The minimum Gasteiger partial charge on any atom is -0.493 e. The summed E-state index contributed by atoms with van der Waals surface area (Å²) in [5, 5.41) is 10.3. The van der Waals surface area contributed by atoms with Crippen LogP contribution in [0, 0.1) is 0 Å². The molecule has 0 aromatic heterocycles. The van der Waals surface area contributed by atoms with E-state index in [1.807, 2.05) is 0 Å². The number of hydrogen-bond donors (Lipinski definition) is 2. The van der Waals surface area contributed by atoms with Crippen LogP contribution < -0.4 is 19.9 Å². The molecule has 0 aliphatic rings. The SMILES string of the molecule is CCOC(=O)C(N)C(O)c1ccc(OC)c(OC)c1OC. The number of ether oxygens (including phenoxy) is 4. The fourth-order valence-electron chi connectivity index (χ4n) is 1.92. The Bertz CT molecular complexity index is 491. The van der Waals surface area contributed by atoms with Gasteiger partial charge in [-0.3, -0.25) is 4.79 Å². The highest BCUT2D eigenvalue weighted by atomic mass is 16.5. The Kier molecular flexibility index (Phi) is 6.26. The van der Waals surface area contributed by atoms with E-state index in [1.54, 1.807) is 19.1 Å². The minimum absolute atomic E-state index is 0.183. The zero-order valence-corrected chi connectivity index (χ0v) is 12.6. The number of esters is 1. The Morgan fingerprint density at radius 1 is 1.19 bits per heavy atom. The van der Waals surface area contributed by atoms with E-state index >= 15 is 0 Å². The smallest absolute Gasteiger partial charge is 0.325 e. The van der Waals surface area contributed by atoms with Crippen molar-refractivity contribution in [2.24, 2.45) is 5.73 Å². The zero-order valence-electron chi connectivity index (χ0n) is 12.6. The zero-order chi connectivity index (χ0) is 16.0. The Morgan fingerprint density at radius 2 is 1.81 bits per heavy atom. The normalized spacial score (nSPS) is 13.2. The summed E-state index contributed by atoms with van der Waals surface area (Å²) >= 11 is 0. The number of benzene rings is 1. The fourth-order valence-corrected chi connectivity index (χ4v) is 1.92. The Hall–Kier alpha value is -1.99. The monoisotopic (exact) mass is 299 g/mol. The van der Waals surface area contributed by atoms with Gasteiger partial charge in [0, 0.05) is 5.56 Å². The summed E-state index contributed by atoms with van der Waals surface area (Å²) < 4.78 is 20.4. The fraction of sp³-hybridized carbons (Fsp3) is 0.500. The molecule has 0 heterocycles. The highest BCUT2D eigenvalue weighted by Crippen LogP contribution is 2.42. The van der Waals surface area contributed by atoms with Gasteiger partial charge in [0.05, 0.1) is 27.9 Å². The second-order valence-corrected chi connectivity index (χ2v) is 4.15. The van der Waals surface area contributed by atoms with Crippen LogP contribution in [0.3, 0.4) is 0 Å². The molecule has 0 amide bonds. The first-order chi connectivity index (χ1) is 10.0. The molecule has 1 rings (SSSR count). The van der Waals surface area contributed by atoms with Crippen molar-refractivity contribution in [1.29, 1.82) is 0 Å². The number of aliphatic hydroxyl groups is 1. The van der Waals surface area contributed by atoms with Gasteiger partial charge in [0.25, 0.3) is 0 Å². The lowest BCUT2D eigenvalue weighted by Crippen LogP contribution is -2.38. The van der Waals surface area contributed by atoms with Gasteiger partial charge in [0.2, 0.25) is 5.75 Å². The van der Waals surface area contributed by atoms with Crippen molar-refractivity contribution in [3.05, 3.63) is 17.7 Å². The summed E-state index contributed by atoms with van der Waals surface area (Å²) in [5.74, 6) is 0.313. The number of carbonyl (C=O) groups excluding carboxylic acids is 1. The molecule has 1 aromatic carbocycles. The molecule has 21 heavy (non-hydrogen) atoms.